The van der Waals surface area contributed by atoms with Gasteiger partial charge in [0.05, 0.1) is 16.1 Å². The molecule has 1 heterocycles. The second kappa shape index (κ2) is 6.01. The summed E-state index contributed by atoms with van der Waals surface area (Å²) in [6, 6.07) is 5.12. The minimum absolute atomic E-state index is 0.216. The lowest BCUT2D eigenvalue weighted by atomic mass is 10.1. The fourth-order valence-corrected chi connectivity index (χ4v) is 2.42. The molecule has 0 bridgehead atoms. The zero-order valence-electron chi connectivity index (χ0n) is 9.43. The van der Waals surface area contributed by atoms with E-state index in [2.05, 4.69) is 10.2 Å². The fourth-order valence-electron chi connectivity index (χ4n) is 2.11. The van der Waals surface area contributed by atoms with Gasteiger partial charge in [-0.05, 0) is 17.7 Å². The van der Waals surface area contributed by atoms with Crippen LogP contribution in [0.25, 0.3) is 0 Å². The summed E-state index contributed by atoms with van der Waals surface area (Å²) in [4.78, 5) is 2.13. The molecule has 1 aromatic carbocycles. The van der Waals surface area contributed by atoms with Gasteiger partial charge in [-0.25, -0.2) is 4.39 Å². The molecule has 2 nitrogen and oxygen atoms in total. The Bertz CT molecular complexity index is 381. The first-order chi connectivity index (χ1) is 8.22. The van der Waals surface area contributed by atoms with Crippen LogP contribution in [0.3, 0.4) is 0 Å². The van der Waals surface area contributed by atoms with Crippen molar-refractivity contribution in [2.75, 3.05) is 32.9 Å². The molecule has 1 N–H and O–H groups in total. The topological polar surface area (TPSA) is 15.3 Å². The van der Waals surface area contributed by atoms with Crippen LogP contribution in [0.1, 0.15) is 11.6 Å². The van der Waals surface area contributed by atoms with Gasteiger partial charge in [-0.15, -0.1) is 0 Å². The Morgan fingerprint density at radius 2 is 1.94 bits per heavy atom. The Morgan fingerprint density at radius 3 is 2.53 bits per heavy atom. The van der Waals surface area contributed by atoms with Gasteiger partial charge >= 0.3 is 0 Å². The standard InChI is InChI=1S/C12H15Cl2FN2/c13-10-2-1-9(7-11(10)14)12(8-15)17-5-3-16-4-6-17/h1-2,7,12,16H,3-6,8H2/t12-/m0/s1. The molecule has 1 atom stereocenters. The van der Waals surface area contributed by atoms with Crippen LogP contribution in [-0.2, 0) is 0 Å². The zero-order valence-corrected chi connectivity index (χ0v) is 10.9. The minimum atomic E-state index is -0.405. The van der Waals surface area contributed by atoms with Gasteiger partial charge < -0.3 is 5.32 Å². The molecule has 0 spiro atoms. The van der Waals surface area contributed by atoms with E-state index in [4.69, 9.17) is 23.2 Å². The first kappa shape index (κ1) is 13.1. The summed E-state index contributed by atoms with van der Waals surface area (Å²) in [6.45, 7) is 3.11. The third-order valence-electron chi connectivity index (χ3n) is 3.07. The summed E-state index contributed by atoms with van der Waals surface area (Å²) in [5, 5.41) is 4.25. The van der Waals surface area contributed by atoms with Crippen molar-refractivity contribution >= 4 is 23.2 Å². The molecule has 0 unspecified atom stereocenters. The van der Waals surface area contributed by atoms with E-state index in [1.165, 1.54) is 0 Å². The van der Waals surface area contributed by atoms with Crippen LogP contribution in [0.4, 0.5) is 4.39 Å². The Hall–Kier alpha value is -0.350. The smallest absolute Gasteiger partial charge is 0.109 e. The van der Waals surface area contributed by atoms with Gasteiger partial charge in [-0.1, -0.05) is 29.3 Å². The van der Waals surface area contributed by atoms with E-state index < -0.39 is 6.67 Å². The predicted molar refractivity (Wildman–Crippen MR) is 69.6 cm³/mol. The molecule has 1 aliphatic rings. The van der Waals surface area contributed by atoms with Crippen molar-refractivity contribution in [2.24, 2.45) is 0 Å². The highest BCUT2D eigenvalue weighted by Crippen LogP contribution is 2.28. The van der Waals surface area contributed by atoms with Gasteiger partial charge in [-0.2, -0.15) is 0 Å². The average molecular weight is 277 g/mol. The van der Waals surface area contributed by atoms with Crippen molar-refractivity contribution in [3.63, 3.8) is 0 Å². The molecule has 1 aromatic rings. The number of hydrogen-bond acceptors (Lipinski definition) is 2. The quantitative estimate of drug-likeness (QED) is 0.913. The number of nitrogens with zero attached hydrogens (tertiary/aromatic N) is 1. The number of rotatable bonds is 3. The maximum absolute atomic E-state index is 13.2. The van der Waals surface area contributed by atoms with Crippen molar-refractivity contribution in [3.05, 3.63) is 33.8 Å². The van der Waals surface area contributed by atoms with E-state index in [-0.39, 0.29) is 6.04 Å². The molecule has 1 saturated heterocycles. The van der Waals surface area contributed by atoms with Crippen molar-refractivity contribution in [1.82, 2.24) is 10.2 Å². The molecule has 0 radical (unpaired) electrons. The Morgan fingerprint density at radius 1 is 1.24 bits per heavy atom. The van der Waals surface area contributed by atoms with Crippen LogP contribution in [0.15, 0.2) is 18.2 Å². The van der Waals surface area contributed by atoms with Crippen LogP contribution in [-0.4, -0.2) is 37.8 Å². The number of nitrogens with one attached hydrogen (secondary N) is 1. The third-order valence-corrected chi connectivity index (χ3v) is 3.81. The van der Waals surface area contributed by atoms with Crippen LogP contribution in [0.2, 0.25) is 10.0 Å². The summed E-state index contributed by atoms with van der Waals surface area (Å²) >= 11 is 11.8. The first-order valence-electron chi connectivity index (χ1n) is 5.68. The molecule has 17 heavy (non-hydrogen) atoms. The summed E-state index contributed by atoms with van der Waals surface area (Å²) in [5.74, 6) is 0. The number of alkyl halides is 1. The first-order valence-corrected chi connectivity index (χ1v) is 6.43. The summed E-state index contributed by atoms with van der Waals surface area (Å²) in [6.07, 6.45) is 0. The molecule has 0 aromatic heterocycles. The molecule has 0 amide bonds. The summed E-state index contributed by atoms with van der Waals surface area (Å²) in [5.41, 5.74) is 0.892. The lowest BCUT2D eigenvalue weighted by Crippen LogP contribution is -2.45. The highest BCUT2D eigenvalue weighted by atomic mass is 35.5. The van der Waals surface area contributed by atoms with Gasteiger partial charge in [0.25, 0.3) is 0 Å². The van der Waals surface area contributed by atoms with Gasteiger partial charge in [0.2, 0.25) is 0 Å². The van der Waals surface area contributed by atoms with Gasteiger partial charge in [-0.3, -0.25) is 4.90 Å². The zero-order chi connectivity index (χ0) is 12.3. The molecular formula is C12H15Cl2FN2. The van der Waals surface area contributed by atoms with Gasteiger partial charge in [0.15, 0.2) is 0 Å². The molecule has 2 rings (SSSR count). The van der Waals surface area contributed by atoms with Crippen molar-refractivity contribution < 1.29 is 4.39 Å². The largest absolute Gasteiger partial charge is 0.314 e. The van der Waals surface area contributed by atoms with E-state index in [0.717, 1.165) is 31.7 Å². The number of halogens is 3. The highest BCUT2D eigenvalue weighted by molar-refractivity contribution is 6.42. The third kappa shape index (κ3) is 3.10. The molecule has 94 valence electrons. The second-order valence-corrected chi connectivity index (χ2v) is 4.94. The second-order valence-electron chi connectivity index (χ2n) is 4.13. The Labute approximate surface area is 111 Å². The maximum atomic E-state index is 13.2. The fraction of sp³-hybridized carbons (Fsp3) is 0.500. The molecule has 1 aliphatic heterocycles. The molecule has 5 heteroatoms. The normalized spacial score (nSPS) is 19.2. The molecule has 0 aliphatic carbocycles. The number of hydrogen-bond donors (Lipinski definition) is 1. The maximum Gasteiger partial charge on any atom is 0.109 e. The minimum Gasteiger partial charge on any atom is -0.314 e. The van der Waals surface area contributed by atoms with E-state index in [9.17, 15) is 4.39 Å². The SMILES string of the molecule is FC[C@@H](c1ccc(Cl)c(Cl)c1)N1CCNCC1. The van der Waals surface area contributed by atoms with Crippen LogP contribution in [0, 0.1) is 0 Å². The monoisotopic (exact) mass is 276 g/mol. The summed E-state index contributed by atoms with van der Waals surface area (Å²) in [7, 11) is 0. The van der Waals surface area contributed by atoms with E-state index in [0.29, 0.717) is 10.0 Å². The molecule has 1 fully saturated rings. The lowest BCUT2D eigenvalue weighted by Gasteiger charge is -2.33. The van der Waals surface area contributed by atoms with Crippen molar-refractivity contribution in [1.29, 1.82) is 0 Å². The number of piperazine rings is 1. The van der Waals surface area contributed by atoms with Crippen LogP contribution < -0.4 is 5.32 Å². The highest BCUT2D eigenvalue weighted by Gasteiger charge is 2.22. The number of benzene rings is 1. The molecular weight excluding hydrogens is 262 g/mol. The molecule has 0 saturated carbocycles. The van der Waals surface area contributed by atoms with Crippen LogP contribution >= 0.6 is 23.2 Å². The van der Waals surface area contributed by atoms with Gasteiger partial charge in [0.1, 0.15) is 6.67 Å². The average Bonchev–Trinajstić information content (AvgIpc) is 2.36. The summed E-state index contributed by atoms with van der Waals surface area (Å²) < 4.78 is 13.2. The Kier molecular flexibility index (Phi) is 4.62. The Balaban J connectivity index is 2.18. The van der Waals surface area contributed by atoms with Gasteiger partial charge in [0, 0.05) is 26.2 Å². The van der Waals surface area contributed by atoms with E-state index in [1.54, 1.807) is 12.1 Å². The van der Waals surface area contributed by atoms with Crippen molar-refractivity contribution in [3.8, 4) is 0 Å². The van der Waals surface area contributed by atoms with Crippen LogP contribution in [0.5, 0.6) is 0 Å². The van der Waals surface area contributed by atoms with Crippen molar-refractivity contribution in [2.45, 2.75) is 6.04 Å². The van der Waals surface area contributed by atoms with E-state index >= 15 is 0 Å². The predicted octanol–water partition coefficient (Wildman–Crippen LogP) is 2.91. The van der Waals surface area contributed by atoms with E-state index in [1.807, 2.05) is 6.07 Å². The lowest BCUT2D eigenvalue weighted by molar-refractivity contribution is 0.147.